The summed E-state index contributed by atoms with van der Waals surface area (Å²) in [5.41, 5.74) is 1.44. The average Bonchev–Trinajstić information content (AvgIpc) is 3.56. The molecule has 10 heteroatoms. The first-order valence-electron chi connectivity index (χ1n) is 11.6. The molecule has 3 aromatic heterocycles. The summed E-state index contributed by atoms with van der Waals surface area (Å²) in [6, 6.07) is 14.2. The summed E-state index contributed by atoms with van der Waals surface area (Å²) >= 11 is 1.51. The molecule has 1 aromatic carbocycles. The number of amides is 2. The van der Waals surface area contributed by atoms with Crippen LogP contribution in [0.1, 0.15) is 48.8 Å². The number of nitrogens with zero attached hydrogens (tertiary/aromatic N) is 5. The third-order valence-electron chi connectivity index (χ3n) is 5.35. The Bertz CT molecular complexity index is 1320. The number of nitrogens with one attached hydrogen (secondary N) is 1. The lowest BCUT2D eigenvalue weighted by Gasteiger charge is -2.32. The van der Waals surface area contributed by atoms with E-state index in [0.29, 0.717) is 17.3 Å². The number of thiophene rings is 1. The van der Waals surface area contributed by atoms with Crippen molar-refractivity contribution in [1.82, 2.24) is 30.4 Å². The maximum Gasteiger partial charge on any atom is 0.251 e. The molecule has 9 nitrogen and oxygen atoms in total. The largest absolute Gasteiger partial charge is 0.464 e. The normalized spacial score (nSPS) is 12.4. The molecule has 0 radical (unpaired) electrons. The highest BCUT2D eigenvalue weighted by atomic mass is 32.1. The quantitative estimate of drug-likeness (QED) is 0.382. The molecule has 1 unspecified atom stereocenters. The van der Waals surface area contributed by atoms with Crippen LogP contribution in [0.15, 0.2) is 58.3 Å². The second kappa shape index (κ2) is 10.4. The fourth-order valence-electron chi connectivity index (χ4n) is 3.70. The second-order valence-corrected chi connectivity index (χ2v) is 10.7. The van der Waals surface area contributed by atoms with Crippen LogP contribution in [0, 0.1) is 13.8 Å². The Morgan fingerprint density at radius 3 is 2.47 bits per heavy atom. The van der Waals surface area contributed by atoms with Gasteiger partial charge in [0.15, 0.2) is 6.04 Å². The summed E-state index contributed by atoms with van der Waals surface area (Å²) < 4.78 is 5.85. The van der Waals surface area contributed by atoms with Gasteiger partial charge in [-0.15, -0.1) is 21.5 Å². The molecule has 0 bridgehead atoms. The Morgan fingerprint density at radius 2 is 1.86 bits per heavy atom. The molecule has 1 atom stereocenters. The molecule has 4 rings (SSSR count). The Hall–Kier alpha value is -3.79. The van der Waals surface area contributed by atoms with Gasteiger partial charge in [-0.05, 0) is 63.4 Å². The van der Waals surface area contributed by atoms with Gasteiger partial charge in [0, 0.05) is 16.0 Å². The van der Waals surface area contributed by atoms with Crippen LogP contribution in [0.5, 0.6) is 0 Å². The fraction of sp³-hybridized carbons (Fsp3) is 0.346. The third kappa shape index (κ3) is 6.25. The molecule has 0 aliphatic carbocycles. The highest BCUT2D eigenvalue weighted by molar-refractivity contribution is 7.09. The molecular formula is C26H30N6O3S. The number of hydrogen-bond acceptors (Lipinski definition) is 7. The number of carbonyl (C=O) groups is 2. The minimum absolute atomic E-state index is 0.177. The van der Waals surface area contributed by atoms with Gasteiger partial charge in [0.25, 0.3) is 5.91 Å². The van der Waals surface area contributed by atoms with Crippen molar-refractivity contribution in [2.45, 2.75) is 59.3 Å². The first kappa shape index (κ1) is 25.3. The maximum atomic E-state index is 13.7. The first-order valence-corrected chi connectivity index (χ1v) is 12.5. The summed E-state index contributed by atoms with van der Waals surface area (Å²) in [5, 5.41) is 17.5. The highest BCUT2D eigenvalue weighted by Gasteiger charge is 2.36. The van der Waals surface area contributed by atoms with Gasteiger partial charge in [-0.2, -0.15) is 4.80 Å². The molecule has 0 aliphatic rings. The van der Waals surface area contributed by atoms with Crippen LogP contribution in [0.25, 0.3) is 11.4 Å². The van der Waals surface area contributed by atoms with E-state index in [-0.39, 0.29) is 24.9 Å². The summed E-state index contributed by atoms with van der Waals surface area (Å²) in [6.07, 6.45) is 0. The number of tetrazole rings is 1. The number of rotatable bonds is 8. The zero-order chi connectivity index (χ0) is 25.9. The van der Waals surface area contributed by atoms with E-state index in [2.05, 4.69) is 20.7 Å². The van der Waals surface area contributed by atoms with Crippen LogP contribution >= 0.6 is 11.3 Å². The van der Waals surface area contributed by atoms with Crippen molar-refractivity contribution in [1.29, 1.82) is 0 Å². The number of aryl methyl sites for hydroxylation is 2. The van der Waals surface area contributed by atoms with Crippen LogP contribution < -0.4 is 5.32 Å². The van der Waals surface area contributed by atoms with E-state index in [9.17, 15) is 9.59 Å². The predicted molar refractivity (Wildman–Crippen MR) is 137 cm³/mol. The zero-order valence-electron chi connectivity index (χ0n) is 21.1. The van der Waals surface area contributed by atoms with E-state index in [1.54, 1.807) is 19.1 Å². The van der Waals surface area contributed by atoms with E-state index in [4.69, 9.17) is 4.42 Å². The van der Waals surface area contributed by atoms with E-state index in [1.165, 1.54) is 21.0 Å². The van der Waals surface area contributed by atoms with Crippen LogP contribution in [-0.4, -0.2) is 42.5 Å². The van der Waals surface area contributed by atoms with Gasteiger partial charge in [-0.3, -0.25) is 9.59 Å². The maximum absolute atomic E-state index is 13.7. The smallest absolute Gasteiger partial charge is 0.251 e. The molecule has 2 amide bonds. The van der Waals surface area contributed by atoms with Gasteiger partial charge in [0.05, 0.1) is 6.54 Å². The van der Waals surface area contributed by atoms with Crippen molar-refractivity contribution >= 4 is 23.2 Å². The highest BCUT2D eigenvalue weighted by Crippen LogP contribution is 2.28. The number of aromatic nitrogens is 4. The van der Waals surface area contributed by atoms with Gasteiger partial charge < -0.3 is 14.6 Å². The van der Waals surface area contributed by atoms with Gasteiger partial charge in [-0.25, -0.2) is 0 Å². The molecule has 0 fully saturated rings. The van der Waals surface area contributed by atoms with Gasteiger partial charge in [-0.1, -0.05) is 35.9 Å². The second-order valence-electron chi connectivity index (χ2n) is 9.70. The van der Waals surface area contributed by atoms with E-state index >= 15 is 0 Å². The van der Waals surface area contributed by atoms with E-state index in [0.717, 1.165) is 16.0 Å². The van der Waals surface area contributed by atoms with Crippen molar-refractivity contribution in [3.05, 3.63) is 75.9 Å². The molecule has 3 heterocycles. The van der Waals surface area contributed by atoms with Crippen LogP contribution in [0.4, 0.5) is 0 Å². The van der Waals surface area contributed by atoms with Gasteiger partial charge >= 0.3 is 0 Å². The lowest BCUT2D eigenvalue weighted by Crippen LogP contribution is -2.49. The van der Waals surface area contributed by atoms with Gasteiger partial charge in [0.2, 0.25) is 11.7 Å². The Balaban J connectivity index is 1.65. The topological polar surface area (TPSA) is 106 Å². The number of carbonyl (C=O) groups excluding carboxylic acids is 2. The molecule has 36 heavy (non-hydrogen) atoms. The molecule has 4 aromatic rings. The Morgan fingerprint density at radius 1 is 1.11 bits per heavy atom. The first-order chi connectivity index (χ1) is 17.1. The number of furan rings is 1. The lowest BCUT2D eigenvalue weighted by atomic mass is 10.1. The van der Waals surface area contributed by atoms with Crippen LogP contribution in [0.3, 0.4) is 0 Å². The summed E-state index contributed by atoms with van der Waals surface area (Å²) in [7, 11) is 0. The fourth-order valence-corrected chi connectivity index (χ4v) is 4.40. The SMILES string of the molecule is Cc1ccc(-c2nnn(CC(=O)N(Cc3cccs3)C(C(=O)NC(C)(C)C)c3ccc(C)o3)n2)cc1. The molecule has 0 saturated carbocycles. The van der Waals surface area contributed by atoms with Crippen molar-refractivity contribution in [3.63, 3.8) is 0 Å². The summed E-state index contributed by atoms with van der Waals surface area (Å²) in [4.78, 5) is 30.9. The minimum Gasteiger partial charge on any atom is -0.464 e. The molecule has 0 aliphatic heterocycles. The van der Waals surface area contributed by atoms with E-state index < -0.39 is 11.6 Å². The van der Waals surface area contributed by atoms with Gasteiger partial charge in [0.1, 0.15) is 18.1 Å². The van der Waals surface area contributed by atoms with Crippen LogP contribution in [-0.2, 0) is 22.7 Å². The molecule has 0 spiro atoms. The summed E-state index contributed by atoms with van der Waals surface area (Å²) in [5.74, 6) is 0.818. The van der Waals surface area contributed by atoms with Crippen molar-refractivity contribution in [2.24, 2.45) is 0 Å². The molecular weight excluding hydrogens is 476 g/mol. The monoisotopic (exact) mass is 506 g/mol. The molecule has 1 N–H and O–H groups in total. The Labute approximate surface area is 214 Å². The lowest BCUT2D eigenvalue weighted by molar-refractivity contribution is -0.143. The number of hydrogen-bond donors (Lipinski definition) is 1. The minimum atomic E-state index is -0.965. The predicted octanol–water partition coefficient (Wildman–Crippen LogP) is 4.30. The molecule has 0 saturated heterocycles. The number of benzene rings is 1. The standard InChI is InChI=1S/C26H30N6O3S/c1-17-8-11-19(12-9-17)24-28-30-32(29-24)16-22(33)31(15-20-7-6-14-36-20)23(21-13-10-18(2)35-21)25(34)27-26(3,4)5/h6-14,23H,15-16H2,1-5H3,(H,27,34). The van der Waals surface area contributed by atoms with Crippen LogP contribution in [0.2, 0.25) is 0 Å². The van der Waals surface area contributed by atoms with Crippen molar-refractivity contribution in [3.8, 4) is 11.4 Å². The van der Waals surface area contributed by atoms with Crippen molar-refractivity contribution in [2.75, 3.05) is 0 Å². The average molecular weight is 507 g/mol. The Kier molecular flexibility index (Phi) is 7.35. The third-order valence-corrected chi connectivity index (χ3v) is 6.22. The summed E-state index contributed by atoms with van der Waals surface area (Å²) in [6.45, 7) is 9.55. The molecule has 188 valence electrons. The van der Waals surface area contributed by atoms with Crippen molar-refractivity contribution < 1.29 is 14.0 Å². The van der Waals surface area contributed by atoms with E-state index in [1.807, 2.05) is 69.5 Å². The zero-order valence-corrected chi connectivity index (χ0v) is 21.9.